The third-order valence-electron chi connectivity index (χ3n) is 3.14. The molecule has 0 radical (unpaired) electrons. The van der Waals surface area contributed by atoms with E-state index in [9.17, 15) is 4.79 Å². The number of piperazine rings is 1. The predicted molar refractivity (Wildman–Crippen MR) is 73.6 cm³/mol. The van der Waals surface area contributed by atoms with Crippen molar-refractivity contribution in [3.8, 4) is 0 Å². The van der Waals surface area contributed by atoms with Gasteiger partial charge in [-0.2, -0.15) is 5.10 Å². The van der Waals surface area contributed by atoms with Crippen molar-refractivity contribution >= 4 is 28.1 Å². The lowest BCUT2D eigenvalue weighted by Crippen LogP contribution is -2.46. The van der Waals surface area contributed by atoms with Crippen molar-refractivity contribution in [1.29, 1.82) is 0 Å². The number of hydrogen-bond acceptors (Lipinski definition) is 6. The number of aromatic amines is 1. The Labute approximate surface area is 114 Å². The van der Waals surface area contributed by atoms with Gasteiger partial charge in [0.25, 0.3) is 5.91 Å². The van der Waals surface area contributed by atoms with E-state index in [4.69, 9.17) is 5.73 Å². The molecule has 7 nitrogen and oxygen atoms in total. The van der Waals surface area contributed by atoms with Gasteiger partial charge in [-0.15, -0.1) is 0 Å². The van der Waals surface area contributed by atoms with Gasteiger partial charge in [-0.05, 0) is 0 Å². The first-order chi connectivity index (χ1) is 9.24. The zero-order valence-electron chi connectivity index (χ0n) is 10.2. The van der Waals surface area contributed by atoms with Crippen LogP contribution in [0.5, 0.6) is 0 Å². The fourth-order valence-electron chi connectivity index (χ4n) is 2.10. The number of H-pyrrole nitrogens is 1. The number of nitrogens with zero attached hydrogens (tertiary/aromatic N) is 4. The quantitative estimate of drug-likeness (QED) is 0.842. The summed E-state index contributed by atoms with van der Waals surface area (Å²) in [6.45, 7) is 3.56. The molecule has 0 saturated carbocycles. The van der Waals surface area contributed by atoms with Gasteiger partial charge in [0.15, 0.2) is 5.13 Å². The Morgan fingerprint density at radius 3 is 2.58 bits per heavy atom. The molecule has 0 bridgehead atoms. The molecule has 3 rings (SSSR count). The van der Waals surface area contributed by atoms with Crippen molar-refractivity contribution in [1.82, 2.24) is 15.2 Å². The van der Waals surface area contributed by atoms with Gasteiger partial charge in [0.2, 0.25) is 0 Å². The molecule has 0 unspecified atom stereocenters. The Bertz CT molecular complexity index is 558. The number of hydrogen-bond donors (Lipinski definition) is 2. The fourth-order valence-corrected chi connectivity index (χ4v) is 2.92. The average Bonchev–Trinajstić information content (AvgIpc) is 3.11. The topological polar surface area (TPSA) is 91.1 Å². The zero-order valence-corrected chi connectivity index (χ0v) is 11.1. The van der Waals surface area contributed by atoms with Gasteiger partial charge < -0.3 is 15.5 Å². The Kier molecular flexibility index (Phi) is 3.08. The maximum Gasteiger partial charge on any atom is 0.260 e. The van der Waals surface area contributed by atoms with E-state index in [0.717, 1.165) is 37.0 Å². The first-order valence-corrected chi connectivity index (χ1v) is 6.80. The average molecular weight is 278 g/mol. The van der Waals surface area contributed by atoms with Crippen LogP contribution >= 0.6 is 11.3 Å². The molecule has 100 valence electrons. The van der Waals surface area contributed by atoms with E-state index in [0.29, 0.717) is 4.88 Å². The van der Waals surface area contributed by atoms with Crippen molar-refractivity contribution in [2.75, 3.05) is 36.0 Å². The van der Waals surface area contributed by atoms with Crippen LogP contribution in [-0.2, 0) is 0 Å². The molecule has 1 aliphatic rings. The Balaban J connectivity index is 1.64. The highest BCUT2D eigenvalue weighted by Gasteiger charge is 2.20. The van der Waals surface area contributed by atoms with E-state index in [1.54, 1.807) is 6.20 Å². The molecule has 1 amide bonds. The molecule has 2 aromatic heterocycles. The summed E-state index contributed by atoms with van der Waals surface area (Å²) in [6.07, 6.45) is 5.26. The van der Waals surface area contributed by atoms with Gasteiger partial charge in [-0.1, -0.05) is 11.3 Å². The molecule has 1 aliphatic heterocycles. The minimum Gasteiger partial charge on any atom is -0.365 e. The van der Waals surface area contributed by atoms with Crippen LogP contribution in [0.3, 0.4) is 0 Å². The summed E-state index contributed by atoms with van der Waals surface area (Å²) in [5.74, 6) is -0.416. The van der Waals surface area contributed by atoms with E-state index in [1.807, 2.05) is 12.4 Å². The second-order valence-electron chi connectivity index (χ2n) is 4.30. The summed E-state index contributed by atoms with van der Waals surface area (Å²) in [6, 6.07) is 0. The van der Waals surface area contributed by atoms with E-state index in [2.05, 4.69) is 25.0 Å². The van der Waals surface area contributed by atoms with Crippen LogP contribution < -0.4 is 15.5 Å². The summed E-state index contributed by atoms with van der Waals surface area (Å²) < 4.78 is 0. The molecule has 1 fully saturated rings. The lowest BCUT2D eigenvalue weighted by atomic mass is 10.3. The van der Waals surface area contributed by atoms with E-state index < -0.39 is 5.91 Å². The number of carbonyl (C=O) groups excluding carboxylic acids is 1. The molecular weight excluding hydrogens is 264 g/mol. The van der Waals surface area contributed by atoms with Crippen LogP contribution in [0.2, 0.25) is 0 Å². The number of thiazole rings is 1. The SMILES string of the molecule is NC(=O)c1cnc(N2CCN(c3cn[nH]c3)CC2)s1. The van der Waals surface area contributed by atoms with Gasteiger partial charge in [0, 0.05) is 32.4 Å². The van der Waals surface area contributed by atoms with Crippen LogP contribution in [0.4, 0.5) is 10.8 Å². The Hall–Kier alpha value is -2.09. The van der Waals surface area contributed by atoms with Crippen molar-refractivity contribution in [2.45, 2.75) is 0 Å². The molecule has 0 aliphatic carbocycles. The number of nitrogens with one attached hydrogen (secondary N) is 1. The Morgan fingerprint density at radius 1 is 1.26 bits per heavy atom. The monoisotopic (exact) mass is 278 g/mol. The molecule has 19 heavy (non-hydrogen) atoms. The molecule has 3 heterocycles. The number of amides is 1. The maximum absolute atomic E-state index is 11.1. The van der Waals surface area contributed by atoms with Gasteiger partial charge in [-0.25, -0.2) is 4.98 Å². The van der Waals surface area contributed by atoms with Crippen molar-refractivity contribution in [3.05, 3.63) is 23.5 Å². The third-order valence-corrected chi connectivity index (χ3v) is 4.21. The fraction of sp³-hybridized carbons (Fsp3) is 0.364. The molecular formula is C11H14N6OS. The van der Waals surface area contributed by atoms with E-state index in [-0.39, 0.29) is 0 Å². The third kappa shape index (κ3) is 2.39. The predicted octanol–water partition coefficient (Wildman–Crippen LogP) is 0.292. The van der Waals surface area contributed by atoms with Crippen LogP contribution in [0.15, 0.2) is 18.6 Å². The number of nitrogens with two attached hydrogens (primary N) is 1. The minimum atomic E-state index is -0.416. The molecule has 2 aromatic rings. The standard InChI is InChI=1S/C11H14N6OS/c12-10(18)9-7-13-11(19-9)17-3-1-16(2-4-17)8-5-14-15-6-8/h5-7H,1-4H2,(H2,12,18)(H,14,15). The number of anilines is 2. The van der Waals surface area contributed by atoms with Crippen molar-refractivity contribution in [3.63, 3.8) is 0 Å². The summed E-state index contributed by atoms with van der Waals surface area (Å²) in [7, 11) is 0. The number of carbonyl (C=O) groups is 1. The van der Waals surface area contributed by atoms with Gasteiger partial charge in [-0.3, -0.25) is 9.89 Å². The minimum absolute atomic E-state index is 0.416. The van der Waals surface area contributed by atoms with Crippen molar-refractivity contribution in [2.24, 2.45) is 5.73 Å². The second-order valence-corrected chi connectivity index (χ2v) is 5.31. The zero-order chi connectivity index (χ0) is 13.2. The maximum atomic E-state index is 11.1. The number of primary amides is 1. The highest BCUT2D eigenvalue weighted by Crippen LogP contribution is 2.24. The van der Waals surface area contributed by atoms with Gasteiger partial charge in [0.05, 0.1) is 18.1 Å². The largest absolute Gasteiger partial charge is 0.365 e. The number of rotatable bonds is 3. The molecule has 8 heteroatoms. The van der Waals surface area contributed by atoms with Crippen LogP contribution in [0.1, 0.15) is 9.67 Å². The highest BCUT2D eigenvalue weighted by atomic mass is 32.1. The lowest BCUT2D eigenvalue weighted by Gasteiger charge is -2.35. The second kappa shape index (κ2) is 4.88. The summed E-state index contributed by atoms with van der Waals surface area (Å²) >= 11 is 1.35. The van der Waals surface area contributed by atoms with Gasteiger partial charge in [0.1, 0.15) is 4.88 Å². The van der Waals surface area contributed by atoms with Crippen LogP contribution in [0.25, 0.3) is 0 Å². The molecule has 0 atom stereocenters. The summed E-state index contributed by atoms with van der Waals surface area (Å²) in [5.41, 5.74) is 6.35. The first-order valence-electron chi connectivity index (χ1n) is 5.98. The first kappa shape index (κ1) is 12.0. The smallest absolute Gasteiger partial charge is 0.260 e. The molecule has 1 saturated heterocycles. The highest BCUT2D eigenvalue weighted by molar-refractivity contribution is 7.17. The van der Waals surface area contributed by atoms with Crippen molar-refractivity contribution < 1.29 is 4.79 Å². The summed E-state index contributed by atoms with van der Waals surface area (Å²) in [4.78, 5) is 20.3. The number of aromatic nitrogens is 3. The van der Waals surface area contributed by atoms with E-state index >= 15 is 0 Å². The lowest BCUT2D eigenvalue weighted by molar-refractivity contribution is 0.100. The summed E-state index contributed by atoms with van der Waals surface area (Å²) in [5, 5.41) is 7.64. The Morgan fingerprint density at radius 2 is 2.00 bits per heavy atom. The molecule has 0 aromatic carbocycles. The van der Waals surface area contributed by atoms with Crippen LogP contribution in [-0.4, -0.2) is 47.3 Å². The van der Waals surface area contributed by atoms with Crippen LogP contribution in [0, 0.1) is 0 Å². The van der Waals surface area contributed by atoms with E-state index in [1.165, 1.54) is 11.3 Å². The molecule has 3 N–H and O–H groups in total. The normalized spacial score (nSPS) is 15.8. The van der Waals surface area contributed by atoms with Gasteiger partial charge >= 0.3 is 0 Å². The molecule has 0 spiro atoms.